The van der Waals surface area contributed by atoms with Gasteiger partial charge in [-0.2, -0.15) is 0 Å². The predicted molar refractivity (Wildman–Crippen MR) is 60.6 cm³/mol. The summed E-state index contributed by atoms with van der Waals surface area (Å²) in [5, 5.41) is 2.86. The SMILES string of the molecule is O=C(NCc1ccc[nH+]c1)c1ccccc1. The Morgan fingerprint density at radius 3 is 2.62 bits per heavy atom. The maximum Gasteiger partial charge on any atom is 0.251 e. The smallest absolute Gasteiger partial charge is 0.251 e. The second kappa shape index (κ2) is 5.07. The van der Waals surface area contributed by atoms with E-state index in [0.717, 1.165) is 5.56 Å². The third-order valence-electron chi connectivity index (χ3n) is 2.26. The van der Waals surface area contributed by atoms with Crippen molar-refractivity contribution in [3.8, 4) is 0 Å². The van der Waals surface area contributed by atoms with Crippen molar-refractivity contribution in [3.05, 3.63) is 66.0 Å². The fraction of sp³-hybridized carbons (Fsp3) is 0.0769. The van der Waals surface area contributed by atoms with E-state index in [1.54, 1.807) is 12.1 Å². The van der Waals surface area contributed by atoms with Gasteiger partial charge < -0.3 is 5.32 Å². The standard InChI is InChI=1S/C13H12N2O/c16-13(12-6-2-1-3-7-12)15-10-11-5-4-8-14-9-11/h1-9H,10H2,(H,15,16)/p+1. The van der Waals surface area contributed by atoms with Gasteiger partial charge in [0.15, 0.2) is 12.4 Å². The van der Waals surface area contributed by atoms with Crippen molar-refractivity contribution in [2.75, 3.05) is 0 Å². The number of hydrogen-bond donors (Lipinski definition) is 1. The Labute approximate surface area is 94.1 Å². The normalized spacial score (nSPS) is 9.75. The van der Waals surface area contributed by atoms with E-state index in [9.17, 15) is 4.79 Å². The highest BCUT2D eigenvalue weighted by Gasteiger charge is 2.04. The number of carbonyl (C=O) groups excluding carboxylic acids is 1. The lowest BCUT2D eigenvalue weighted by atomic mass is 10.2. The first-order chi connectivity index (χ1) is 7.86. The molecule has 1 heterocycles. The topological polar surface area (TPSA) is 43.2 Å². The highest BCUT2D eigenvalue weighted by Crippen LogP contribution is 1.99. The van der Waals surface area contributed by atoms with Crippen LogP contribution in [0.25, 0.3) is 0 Å². The summed E-state index contributed by atoms with van der Waals surface area (Å²) in [5.74, 6) is -0.0514. The van der Waals surface area contributed by atoms with Gasteiger partial charge in [-0.1, -0.05) is 18.2 Å². The van der Waals surface area contributed by atoms with Crippen molar-refractivity contribution in [3.63, 3.8) is 0 Å². The minimum Gasteiger partial charge on any atom is -0.348 e. The summed E-state index contributed by atoms with van der Waals surface area (Å²) < 4.78 is 0. The first-order valence-electron chi connectivity index (χ1n) is 5.14. The molecule has 0 saturated carbocycles. The van der Waals surface area contributed by atoms with Gasteiger partial charge in [-0.3, -0.25) is 4.79 Å². The molecule has 1 amide bonds. The Morgan fingerprint density at radius 2 is 1.94 bits per heavy atom. The fourth-order valence-electron chi connectivity index (χ4n) is 1.41. The maximum absolute atomic E-state index is 11.7. The Kier molecular flexibility index (Phi) is 3.28. The number of benzene rings is 1. The van der Waals surface area contributed by atoms with Crippen LogP contribution in [0.5, 0.6) is 0 Å². The van der Waals surface area contributed by atoms with Crippen molar-refractivity contribution in [1.29, 1.82) is 0 Å². The van der Waals surface area contributed by atoms with E-state index in [-0.39, 0.29) is 5.91 Å². The summed E-state index contributed by atoms with van der Waals surface area (Å²) in [6, 6.07) is 13.1. The van der Waals surface area contributed by atoms with Crippen molar-refractivity contribution in [2.24, 2.45) is 0 Å². The summed E-state index contributed by atoms with van der Waals surface area (Å²) in [5.41, 5.74) is 1.73. The number of aromatic nitrogens is 1. The second-order valence-electron chi connectivity index (χ2n) is 3.46. The lowest BCUT2D eigenvalue weighted by molar-refractivity contribution is -0.378. The molecule has 0 unspecified atom stereocenters. The zero-order valence-corrected chi connectivity index (χ0v) is 8.81. The van der Waals surface area contributed by atoms with E-state index in [4.69, 9.17) is 0 Å². The molecule has 2 rings (SSSR count). The van der Waals surface area contributed by atoms with Gasteiger partial charge in [0, 0.05) is 23.7 Å². The molecular formula is C13H13N2O+. The molecule has 3 nitrogen and oxygen atoms in total. The number of rotatable bonds is 3. The van der Waals surface area contributed by atoms with Crippen LogP contribution in [-0.4, -0.2) is 5.91 Å². The molecule has 3 heteroatoms. The lowest BCUT2D eigenvalue weighted by Gasteiger charge is -2.03. The quantitative estimate of drug-likeness (QED) is 0.823. The summed E-state index contributed by atoms with van der Waals surface area (Å²) in [6.45, 7) is 0.533. The predicted octanol–water partition coefficient (Wildman–Crippen LogP) is 1.43. The monoisotopic (exact) mass is 213 g/mol. The molecule has 16 heavy (non-hydrogen) atoms. The van der Waals surface area contributed by atoms with E-state index in [1.165, 1.54) is 0 Å². The Hall–Kier alpha value is -2.16. The second-order valence-corrected chi connectivity index (χ2v) is 3.46. The van der Waals surface area contributed by atoms with Crippen LogP contribution < -0.4 is 10.3 Å². The van der Waals surface area contributed by atoms with Crippen LogP contribution in [-0.2, 0) is 6.54 Å². The van der Waals surface area contributed by atoms with Crippen LogP contribution >= 0.6 is 0 Å². The molecule has 2 N–H and O–H groups in total. The van der Waals surface area contributed by atoms with Crippen molar-refractivity contribution < 1.29 is 9.78 Å². The van der Waals surface area contributed by atoms with E-state index in [1.807, 2.05) is 42.7 Å². The molecule has 0 bridgehead atoms. The molecule has 0 spiro atoms. The summed E-state index contributed by atoms with van der Waals surface area (Å²) >= 11 is 0. The van der Waals surface area contributed by atoms with Crippen molar-refractivity contribution in [1.82, 2.24) is 5.32 Å². The van der Waals surface area contributed by atoms with Crippen LogP contribution in [0.1, 0.15) is 15.9 Å². The number of nitrogens with one attached hydrogen (secondary N) is 2. The minimum atomic E-state index is -0.0514. The molecule has 80 valence electrons. The summed E-state index contributed by atoms with van der Waals surface area (Å²) in [7, 11) is 0. The third kappa shape index (κ3) is 2.67. The minimum absolute atomic E-state index is 0.0514. The number of hydrogen-bond acceptors (Lipinski definition) is 1. The highest BCUT2D eigenvalue weighted by atomic mass is 16.1. The average molecular weight is 213 g/mol. The van der Waals surface area contributed by atoms with Gasteiger partial charge in [-0.15, -0.1) is 0 Å². The molecule has 0 aliphatic carbocycles. The Morgan fingerprint density at radius 1 is 1.12 bits per heavy atom. The van der Waals surface area contributed by atoms with Gasteiger partial charge in [0.25, 0.3) is 5.91 Å². The van der Waals surface area contributed by atoms with Gasteiger partial charge in [-0.05, 0) is 18.2 Å². The third-order valence-corrected chi connectivity index (χ3v) is 2.26. The summed E-state index contributed by atoms with van der Waals surface area (Å²) in [6.07, 6.45) is 3.70. The molecule has 0 aliphatic heterocycles. The van der Waals surface area contributed by atoms with Gasteiger partial charge in [0.1, 0.15) is 0 Å². The number of carbonyl (C=O) groups is 1. The number of H-pyrrole nitrogens is 1. The number of amides is 1. The molecular weight excluding hydrogens is 200 g/mol. The zero-order valence-electron chi connectivity index (χ0n) is 8.81. The zero-order chi connectivity index (χ0) is 11.2. The molecule has 2 aromatic rings. The van der Waals surface area contributed by atoms with E-state index in [2.05, 4.69) is 10.3 Å². The Balaban J connectivity index is 1.95. The molecule has 0 saturated heterocycles. The molecule has 1 aromatic carbocycles. The van der Waals surface area contributed by atoms with Gasteiger partial charge >= 0.3 is 0 Å². The Bertz CT molecular complexity index is 454. The molecule has 1 aromatic heterocycles. The molecule has 0 radical (unpaired) electrons. The maximum atomic E-state index is 11.7. The van der Waals surface area contributed by atoms with Gasteiger partial charge in [-0.25, -0.2) is 4.98 Å². The molecule has 0 fully saturated rings. The van der Waals surface area contributed by atoms with Crippen molar-refractivity contribution >= 4 is 5.91 Å². The highest BCUT2D eigenvalue weighted by molar-refractivity contribution is 5.94. The van der Waals surface area contributed by atoms with E-state index >= 15 is 0 Å². The average Bonchev–Trinajstić information content (AvgIpc) is 2.38. The van der Waals surface area contributed by atoms with Crippen LogP contribution in [0.15, 0.2) is 54.9 Å². The first kappa shape index (κ1) is 10.4. The molecule has 0 aliphatic rings. The number of pyridine rings is 1. The summed E-state index contributed by atoms with van der Waals surface area (Å²) in [4.78, 5) is 14.7. The van der Waals surface area contributed by atoms with Crippen LogP contribution in [0.4, 0.5) is 0 Å². The fourth-order valence-corrected chi connectivity index (χ4v) is 1.41. The molecule has 0 atom stereocenters. The van der Waals surface area contributed by atoms with E-state index in [0.29, 0.717) is 12.1 Å². The van der Waals surface area contributed by atoms with Gasteiger partial charge in [0.05, 0.1) is 0 Å². The van der Waals surface area contributed by atoms with Crippen molar-refractivity contribution in [2.45, 2.75) is 6.54 Å². The van der Waals surface area contributed by atoms with Crippen LogP contribution in [0, 0.1) is 0 Å². The van der Waals surface area contributed by atoms with Gasteiger partial charge in [0.2, 0.25) is 0 Å². The number of aromatic amines is 1. The van der Waals surface area contributed by atoms with Crippen LogP contribution in [0.3, 0.4) is 0 Å². The largest absolute Gasteiger partial charge is 0.348 e. The lowest BCUT2D eigenvalue weighted by Crippen LogP contribution is -2.23. The van der Waals surface area contributed by atoms with E-state index < -0.39 is 0 Å². The van der Waals surface area contributed by atoms with Crippen LogP contribution in [0.2, 0.25) is 0 Å². The first-order valence-corrected chi connectivity index (χ1v) is 5.14.